The maximum Gasteiger partial charge on any atom is 0.198 e. The van der Waals surface area contributed by atoms with E-state index >= 15 is 0 Å². The minimum Gasteiger partial charge on any atom is -0.506 e. The number of H-pyrrole nitrogens is 1. The van der Waals surface area contributed by atoms with Crippen LogP contribution in [0.2, 0.25) is 0 Å². The molecule has 0 aliphatic rings. The Bertz CT molecular complexity index is 437. The van der Waals surface area contributed by atoms with E-state index in [0.717, 1.165) is 9.99 Å². The molecule has 4 nitrogen and oxygen atoms in total. The van der Waals surface area contributed by atoms with Gasteiger partial charge in [-0.2, -0.15) is 0 Å². The Morgan fingerprint density at radius 3 is 3.00 bits per heavy atom. The van der Waals surface area contributed by atoms with E-state index in [0.29, 0.717) is 11.5 Å². The fourth-order valence-corrected chi connectivity index (χ4v) is 1.53. The molecule has 0 saturated carbocycles. The maximum absolute atomic E-state index is 9.40. The van der Waals surface area contributed by atoms with Gasteiger partial charge in [-0.15, -0.1) is 0 Å². The first-order valence-electron chi connectivity index (χ1n) is 3.30. The number of hydrogen-bond donors (Lipinski definition) is 3. The lowest BCUT2D eigenvalue weighted by atomic mass is 10.3. The lowest BCUT2D eigenvalue weighted by Gasteiger charge is -1.93. The van der Waals surface area contributed by atoms with Crippen molar-refractivity contribution in [2.75, 3.05) is 5.73 Å². The first-order chi connectivity index (χ1) is 5.66. The number of rotatable bonds is 0. The minimum absolute atomic E-state index is 0.118. The number of benzene rings is 1. The second-order valence-electron chi connectivity index (χ2n) is 2.44. The molecular weight excluding hydrogens is 222 g/mol. The predicted molar refractivity (Wildman–Crippen MR) is 49.9 cm³/mol. The van der Waals surface area contributed by atoms with E-state index in [9.17, 15) is 5.11 Å². The first kappa shape index (κ1) is 7.42. The summed E-state index contributed by atoms with van der Waals surface area (Å²) >= 11 is 3.24. The molecule has 4 N–H and O–H groups in total. The molecule has 0 fully saturated rings. The van der Waals surface area contributed by atoms with Crippen molar-refractivity contribution < 1.29 is 5.11 Å². The van der Waals surface area contributed by atoms with Crippen molar-refractivity contribution >= 4 is 32.9 Å². The molecule has 1 heterocycles. The summed E-state index contributed by atoms with van der Waals surface area (Å²) in [4.78, 5) is 6.72. The van der Waals surface area contributed by atoms with Crippen molar-refractivity contribution in [2.45, 2.75) is 0 Å². The van der Waals surface area contributed by atoms with Crippen molar-refractivity contribution in [1.29, 1.82) is 0 Å². The zero-order valence-corrected chi connectivity index (χ0v) is 7.59. The van der Waals surface area contributed by atoms with Crippen LogP contribution in [-0.2, 0) is 0 Å². The summed E-state index contributed by atoms with van der Waals surface area (Å²) in [6.07, 6.45) is 0. The molecule has 1 aromatic heterocycles. The molecule has 2 rings (SSSR count). The Morgan fingerprint density at radius 2 is 2.25 bits per heavy atom. The van der Waals surface area contributed by atoms with Crippen LogP contribution in [-0.4, -0.2) is 15.1 Å². The van der Waals surface area contributed by atoms with Crippen molar-refractivity contribution in [3.8, 4) is 5.75 Å². The smallest absolute Gasteiger partial charge is 0.198 e. The normalized spacial score (nSPS) is 10.8. The Morgan fingerprint density at radius 1 is 1.50 bits per heavy atom. The van der Waals surface area contributed by atoms with E-state index in [1.54, 1.807) is 12.1 Å². The number of aromatic hydroxyl groups is 1. The van der Waals surface area contributed by atoms with Gasteiger partial charge in [0.25, 0.3) is 0 Å². The number of anilines is 1. The molecule has 0 atom stereocenters. The average molecular weight is 228 g/mol. The van der Waals surface area contributed by atoms with Crippen molar-refractivity contribution in [2.24, 2.45) is 0 Å². The van der Waals surface area contributed by atoms with E-state index in [1.807, 2.05) is 0 Å². The number of phenolic OH excluding ortho intramolecular Hbond substituents is 1. The predicted octanol–water partition coefficient (Wildman–Crippen LogP) is 1.61. The van der Waals surface area contributed by atoms with Crippen LogP contribution in [0.3, 0.4) is 0 Å². The molecule has 12 heavy (non-hydrogen) atoms. The molecule has 0 spiro atoms. The number of imidazole rings is 1. The molecule has 0 amide bonds. The Kier molecular flexibility index (Phi) is 1.47. The van der Waals surface area contributed by atoms with E-state index < -0.39 is 0 Å². The van der Waals surface area contributed by atoms with Gasteiger partial charge in [-0.05, 0) is 12.1 Å². The molecule has 2 aromatic rings. The fourth-order valence-electron chi connectivity index (χ4n) is 1.08. The number of nitrogens with two attached hydrogens (primary N) is 1. The van der Waals surface area contributed by atoms with E-state index in [4.69, 9.17) is 5.73 Å². The minimum atomic E-state index is 0.118. The highest BCUT2D eigenvalue weighted by atomic mass is 79.9. The lowest BCUT2D eigenvalue weighted by molar-refractivity contribution is 0.480. The van der Waals surface area contributed by atoms with Gasteiger partial charge in [-0.25, -0.2) is 4.98 Å². The van der Waals surface area contributed by atoms with Crippen LogP contribution >= 0.6 is 15.9 Å². The van der Waals surface area contributed by atoms with Crippen LogP contribution in [0.4, 0.5) is 5.95 Å². The van der Waals surface area contributed by atoms with Crippen molar-refractivity contribution in [3.05, 3.63) is 16.6 Å². The largest absolute Gasteiger partial charge is 0.506 e. The van der Waals surface area contributed by atoms with Gasteiger partial charge in [-0.3, -0.25) is 0 Å². The molecule has 1 aromatic carbocycles. The molecule has 0 radical (unpaired) electrons. The molecule has 5 heteroatoms. The summed E-state index contributed by atoms with van der Waals surface area (Å²) < 4.78 is 0.788. The number of hydrogen-bond acceptors (Lipinski definition) is 3. The average Bonchev–Trinajstić information content (AvgIpc) is 2.29. The Hall–Kier alpha value is -1.23. The zero-order valence-electron chi connectivity index (χ0n) is 6.00. The van der Waals surface area contributed by atoms with Gasteiger partial charge in [-0.1, -0.05) is 15.9 Å². The highest BCUT2D eigenvalue weighted by Gasteiger charge is 2.05. The molecule has 0 aliphatic heterocycles. The number of nitrogens with one attached hydrogen (secondary N) is 1. The Balaban J connectivity index is 2.88. The van der Waals surface area contributed by atoms with Crippen molar-refractivity contribution in [3.63, 3.8) is 0 Å². The third-order valence-corrected chi connectivity index (χ3v) is 2.01. The topological polar surface area (TPSA) is 74.9 Å². The Labute approximate surface area is 76.5 Å². The fraction of sp³-hybridized carbons (Fsp3) is 0. The molecule has 0 bridgehead atoms. The van der Waals surface area contributed by atoms with Gasteiger partial charge >= 0.3 is 0 Å². The van der Waals surface area contributed by atoms with Crippen molar-refractivity contribution in [1.82, 2.24) is 9.97 Å². The van der Waals surface area contributed by atoms with E-state index in [2.05, 4.69) is 25.9 Å². The van der Waals surface area contributed by atoms with Gasteiger partial charge in [0.05, 0.1) is 5.52 Å². The summed E-state index contributed by atoms with van der Waals surface area (Å²) in [6.45, 7) is 0. The van der Waals surface area contributed by atoms with Crippen LogP contribution < -0.4 is 5.73 Å². The SMILES string of the molecule is Nc1nc2c(O)cc(Br)cc2[nH]1. The third kappa shape index (κ3) is 1.02. The van der Waals surface area contributed by atoms with Gasteiger partial charge in [0.1, 0.15) is 11.3 Å². The monoisotopic (exact) mass is 227 g/mol. The highest BCUT2D eigenvalue weighted by Crippen LogP contribution is 2.27. The third-order valence-electron chi connectivity index (χ3n) is 1.55. The second-order valence-corrected chi connectivity index (χ2v) is 3.36. The summed E-state index contributed by atoms with van der Waals surface area (Å²) in [5, 5.41) is 9.40. The van der Waals surface area contributed by atoms with Crippen LogP contribution in [0.5, 0.6) is 5.75 Å². The summed E-state index contributed by atoms with van der Waals surface area (Å²) in [5.41, 5.74) is 6.63. The maximum atomic E-state index is 9.40. The number of aromatic nitrogens is 2. The van der Waals surface area contributed by atoms with Gasteiger partial charge in [0.15, 0.2) is 5.95 Å². The van der Waals surface area contributed by atoms with E-state index in [1.165, 1.54) is 0 Å². The standard InChI is InChI=1S/C7H6BrN3O/c8-3-1-4-6(5(12)2-3)11-7(9)10-4/h1-2,12H,(H3,9,10,11). The highest BCUT2D eigenvalue weighted by molar-refractivity contribution is 9.10. The quantitative estimate of drug-likeness (QED) is 0.641. The number of aromatic amines is 1. The molecule has 62 valence electrons. The molecule has 0 saturated heterocycles. The number of phenols is 1. The summed E-state index contributed by atoms with van der Waals surface area (Å²) in [5.74, 6) is 0.422. The summed E-state index contributed by atoms with van der Waals surface area (Å²) in [7, 11) is 0. The number of fused-ring (bicyclic) bond motifs is 1. The van der Waals surface area contributed by atoms with Crippen LogP contribution in [0.15, 0.2) is 16.6 Å². The summed E-state index contributed by atoms with van der Waals surface area (Å²) in [6, 6.07) is 3.38. The van der Waals surface area contributed by atoms with E-state index in [-0.39, 0.29) is 5.75 Å². The molecule has 0 aliphatic carbocycles. The molecular formula is C7H6BrN3O. The zero-order chi connectivity index (χ0) is 8.72. The first-order valence-corrected chi connectivity index (χ1v) is 4.10. The van der Waals surface area contributed by atoms with Crippen LogP contribution in [0, 0.1) is 0 Å². The number of nitrogen functional groups attached to an aromatic ring is 1. The van der Waals surface area contributed by atoms with Gasteiger partial charge < -0.3 is 15.8 Å². The molecule has 0 unspecified atom stereocenters. The number of halogens is 1. The second kappa shape index (κ2) is 2.38. The lowest BCUT2D eigenvalue weighted by Crippen LogP contribution is -1.84. The van der Waals surface area contributed by atoms with Gasteiger partial charge in [0.2, 0.25) is 0 Å². The number of nitrogens with zero attached hydrogens (tertiary/aromatic N) is 1. The van der Waals surface area contributed by atoms with Crippen LogP contribution in [0.25, 0.3) is 11.0 Å². The van der Waals surface area contributed by atoms with Gasteiger partial charge in [0, 0.05) is 4.47 Å². The van der Waals surface area contributed by atoms with Crippen LogP contribution in [0.1, 0.15) is 0 Å².